The fourth-order valence-electron chi connectivity index (χ4n) is 9.58. The van der Waals surface area contributed by atoms with Gasteiger partial charge in [0.15, 0.2) is 11.5 Å². The number of halogens is 5. The predicted molar refractivity (Wildman–Crippen MR) is 189 cm³/mol. The third kappa shape index (κ3) is 7.43. The maximum atomic E-state index is 14.7. The Labute approximate surface area is 310 Å². The zero-order valence-corrected chi connectivity index (χ0v) is 31.0. The van der Waals surface area contributed by atoms with E-state index in [-0.39, 0.29) is 61.4 Å². The van der Waals surface area contributed by atoms with Crippen molar-refractivity contribution in [1.29, 1.82) is 0 Å². The van der Waals surface area contributed by atoms with Crippen molar-refractivity contribution in [2.45, 2.75) is 125 Å². The number of hydrogen-bond acceptors (Lipinski definition) is 7. The highest BCUT2D eigenvalue weighted by atomic mass is 32.2. The number of aromatic nitrogens is 3. The molecule has 4 unspecified atom stereocenters. The smallest absolute Gasteiger partial charge is 0.434 e. The summed E-state index contributed by atoms with van der Waals surface area (Å²) in [6, 6.07) is 4.59. The Balaban J connectivity index is 1.22. The zero-order valence-electron chi connectivity index (χ0n) is 30.2. The number of sulfone groups is 1. The molecule has 1 aromatic carbocycles. The highest BCUT2D eigenvalue weighted by molar-refractivity contribution is 7.91. The van der Waals surface area contributed by atoms with E-state index in [1.807, 2.05) is 6.92 Å². The molecular formula is C38H45F5N4O6S. The summed E-state index contributed by atoms with van der Waals surface area (Å²) in [5.74, 6) is -5.31. The van der Waals surface area contributed by atoms with Gasteiger partial charge in [0.05, 0.1) is 22.4 Å². The van der Waals surface area contributed by atoms with Crippen molar-refractivity contribution in [3.05, 3.63) is 41.9 Å². The Morgan fingerprint density at radius 3 is 2.39 bits per heavy atom. The number of fused-ring (bicyclic) bond motifs is 3. The van der Waals surface area contributed by atoms with Crippen LogP contribution in [0.15, 0.2) is 30.6 Å². The van der Waals surface area contributed by atoms with Crippen molar-refractivity contribution >= 4 is 32.6 Å². The summed E-state index contributed by atoms with van der Waals surface area (Å²) in [5.41, 5.74) is -3.40. The van der Waals surface area contributed by atoms with E-state index in [1.165, 1.54) is 6.26 Å². The normalized spacial score (nSPS) is 28.9. The summed E-state index contributed by atoms with van der Waals surface area (Å²) >= 11 is 0. The highest BCUT2D eigenvalue weighted by Crippen LogP contribution is 2.51. The molecule has 16 heteroatoms. The number of aliphatic carboxylic acids is 1. The first-order chi connectivity index (χ1) is 25.4. The van der Waals surface area contributed by atoms with E-state index in [0.717, 1.165) is 19.0 Å². The van der Waals surface area contributed by atoms with Crippen molar-refractivity contribution < 1.29 is 49.8 Å². The molecular weight excluding hydrogens is 735 g/mol. The van der Waals surface area contributed by atoms with Crippen LogP contribution in [0.1, 0.15) is 112 Å². The van der Waals surface area contributed by atoms with Gasteiger partial charge in [-0.3, -0.25) is 4.79 Å². The Morgan fingerprint density at radius 1 is 1.06 bits per heavy atom. The van der Waals surface area contributed by atoms with Gasteiger partial charge in [-0.05, 0) is 94.1 Å². The lowest BCUT2D eigenvalue weighted by atomic mass is 9.76. The van der Waals surface area contributed by atoms with Crippen LogP contribution in [0.4, 0.5) is 22.0 Å². The van der Waals surface area contributed by atoms with Gasteiger partial charge in [-0.2, -0.15) is 13.2 Å². The van der Waals surface area contributed by atoms with Crippen molar-refractivity contribution in [3.63, 3.8) is 0 Å². The van der Waals surface area contributed by atoms with Crippen molar-refractivity contribution in [3.8, 4) is 17.1 Å². The highest BCUT2D eigenvalue weighted by Gasteiger charge is 2.57. The van der Waals surface area contributed by atoms with E-state index in [0.29, 0.717) is 55.2 Å². The lowest BCUT2D eigenvalue weighted by molar-refractivity contribution is -0.146. The molecule has 4 saturated carbocycles. The van der Waals surface area contributed by atoms with E-state index >= 15 is 0 Å². The average Bonchev–Trinajstić information content (AvgIpc) is 3.61. The first-order valence-corrected chi connectivity index (χ1v) is 20.7. The summed E-state index contributed by atoms with van der Waals surface area (Å²) < 4.78 is 105. The minimum atomic E-state index is -5.11. The molecule has 10 nitrogen and oxygen atoms in total. The molecule has 7 rings (SSSR count). The minimum Gasteiger partial charge on any atom is -0.490 e. The number of carboxylic acid groups (broad SMARTS) is 1. The van der Waals surface area contributed by atoms with Gasteiger partial charge in [0, 0.05) is 54.5 Å². The number of nitrogens with zero attached hydrogens (tertiary/aromatic N) is 3. The summed E-state index contributed by atoms with van der Waals surface area (Å²) in [5, 5.41) is 12.8. The van der Waals surface area contributed by atoms with Gasteiger partial charge in [0.25, 0.3) is 5.91 Å². The second-order valence-electron chi connectivity index (χ2n) is 16.0. The Bertz CT molecular complexity index is 2040. The number of carbonyl (C=O) groups excluding carboxylic acids is 1. The summed E-state index contributed by atoms with van der Waals surface area (Å²) in [6.45, 7) is 2.01. The van der Waals surface area contributed by atoms with Crippen LogP contribution in [0.25, 0.3) is 22.3 Å². The lowest BCUT2D eigenvalue weighted by Gasteiger charge is -2.34. The van der Waals surface area contributed by atoms with Crippen LogP contribution in [-0.2, 0) is 20.8 Å². The first-order valence-electron chi connectivity index (χ1n) is 18.8. The van der Waals surface area contributed by atoms with Crippen LogP contribution in [-0.4, -0.2) is 69.0 Å². The number of ether oxygens (including phenoxy) is 1. The number of benzene rings is 1. The molecule has 3 aromatic rings. The fraction of sp³-hybridized carbons (Fsp3) is 0.632. The molecule has 0 aliphatic heterocycles. The Morgan fingerprint density at radius 2 is 1.76 bits per heavy atom. The molecule has 2 heterocycles. The van der Waals surface area contributed by atoms with Gasteiger partial charge in [-0.15, -0.1) is 0 Å². The maximum Gasteiger partial charge on any atom is 0.434 e. The number of carboxylic acids is 1. The number of rotatable bonds is 9. The largest absolute Gasteiger partial charge is 0.490 e. The summed E-state index contributed by atoms with van der Waals surface area (Å²) in [6.07, 6.45) is 2.56. The molecule has 4 fully saturated rings. The van der Waals surface area contributed by atoms with Crippen LogP contribution in [0.2, 0.25) is 0 Å². The van der Waals surface area contributed by atoms with E-state index in [2.05, 4.69) is 15.3 Å². The quantitative estimate of drug-likeness (QED) is 0.208. The van der Waals surface area contributed by atoms with E-state index in [4.69, 9.17) is 4.74 Å². The molecule has 4 aliphatic carbocycles. The van der Waals surface area contributed by atoms with Gasteiger partial charge in [-0.25, -0.2) is 32.0 Å². The molecule has 4 aliphatic rings. The molecule has 0 spiro atoms. The summed E-state index contributed by atoms with van der Waals surface area (Å²) in [7, 11) is -3.18. The standard InChI is InChI=1S/C38H45F5N4O6S/c1-3-21-14-22-16-23(15-21)37(18-22,35(49)50)46-34(48)29-19-44-33(45-32(29)38(41,42)43)30-20-47(24-10-12-36(39,40)13-11-24)31-17-26(6-9-28(30)31)53-25-4-7-27(8-5-25)54(2,51)52/h6,9,17,19-25,27H,3-5,7-8,10-16,18H2,1-2H3,(H,46,48)(H,49,50). The Hall–Kier alpha value is -3.82. The lowest BCUT2D eigenvalue weighted by Crippen LogP contribution is -2.57. The molecule has 4 atom stereocenters. The number of carbonyl (C=O) groups is 2. The molecule has 2 N–H and O–H groups in total. The molecule has 0 saturated heterocycles. The third-order valence-electron chi connectivity index (χ3n) is 12.5. The number of hydrogen-bond donors (Lipinski definition) is 2. The predicted octanol–water partition coefficient (Wildman–Crippen LogP) is 8.00. The molecule has 0 radical (unpaired) electrons. The second kappa shape index (κ2) is 14.0. The maximum absolute atomic E-state index is 14.7. The van der Waals surface area contributed by atoms with E-state index < -0.39 is 67.8 Å². The molecule has 1 amide bonds. The Kier molecular flexibility index (Phi) is 10.00. The van der Waals surface area contributed by atoms with Gasteiger partial charge in [0.1, 0.15) is 21.1 Å². The van der Waals surface area contributed by atoms with Crippen LogP contribution in [0, 0.1) is 17.8 Å². The zero-order chi connectivity index (χ0) is 38.8. The fourth-order valence-corrected chi connectivity index (χ4v) is 10.7. The molecule has 2 aromatic heterocycles. The van der Waals surface area contributed by atoms with Crippen molar-refractivity contribution in [1.82, 2.24) is 19.9 Å². The monoisotopic (exact) mass is 780 g/mol. The van der Waals surface area contributed by atoms with Crippen LogP contribution < -0.4 is 10.1 Å². The first kappa shape index (κ1) is 38.5. The van der Waals surface area contributed by atoms with E-state index in [1.54, 1.807) is 29.0 Å². The van der Waals surface area contributed by atoms with Crippen LogP contribution in [0.3, 0.4) is 0 Å². The average molecular weight is 781 g/mol. The summed E-state index contributed by atoms with van der Waals surface area (Å²) in [4.78, 5) is 34.4. The van der Waals surface area contributed by atoms with Gasteiger partial charge in [-0.1, -0.05) is 13.3 Å². The molecule has 2 bridgehead atoms. The number of alkyl halides is 5. The minimum absolute atomic E-state index is 0.0411. The SMILES string of the molecule is CCC1CC2CC(C1)C(NC(=O)c1cnc(-c3cn(C4CCC(F)(F)CC4)c4cc(OC5CCC(S(C)(=O)=O)CC5)ccc34)nc1C(F)(F)F)(C(=O)O)C2. The van der Waals surface area contributed by atoms with Gasteiger partial charge in [0.2, 0.25) is 5.92 Å². The third-order valence-corrected chi connectivity index (χ3v) is 14.1. The number of nitrogens with one attached hydrogen (secondary N) is 1. The van der Waals surface area contributed by atoms with Gasteiger partial charge < -0.3 is 19.7 Å². The van der Waals surface area contributed by atoms with E-state index in [9.17, 15) is 45.1 Å². The van der Waals surface area contributed by atoms with Crippen LogP contribution in [0.5, 0.6) is 5.75 Å². The topological polar surface area (TPSA) is 140 Å². The van der Waals surface area contributed by atoms with Crippen molar-refractivity contribution in [2.75, 3.05) is 6.26 Å². The van der Waals surface area contributed by atoms with Gasteiger partial charge >= 0.3 is 12.1 Å². The second-order valence-corrected chi connectivity index (χ2v) is 18.3. The molecule has 294 valence electrons. The van der Waals surface area contributed by atoms with Crippen molar-refractivity contribution in [2.24, 2.45) is 17.8 Å². The molecule has 54 heavy (non-hydrogen) atoms. The van der Waals surface area contributed by atoms with Crippen LogP contribution >= 0.6 is 0 Å². The number of amides is 1.